The molecule has 2 aliphatic rings. The number of nitrogens with zero attached hydrogens (tertiary/aromatic N) is 2. The van der Waals surface area contributed by atoms with Gasteiger partial charge in [-0.2, -0.15) is 0 Å². The summed E-state index contributed by atoms with van der Waals surface area (Å²) >= 11 is 0. The SMILES string of the molecule is COc1ccc(C2(c3ccc(OC(=O)Oc4ccccc4N(c4ccccc4)c4ccc(C=Cc5ccc(C=Cc6ccc(N(c7ccccc7)c7ccccc7OC(=O)Oc7ccc(C8(c9ccc(OC)cc9)CCCCC8)cc7)cc6)cc5)cc4)cc3)CCCCC2)cc1. The number of hydrogen-bond donors (Lipinski definition) is 0. The first-order chi connectivity index (χ1) is 47.2. The summed E-state index contributed by atoms with van der Waals surface area (Å²) in [7, 11) is 3.38. The van der Waals surface area contributed by atoms with Crippen molar-refractivity contribution in [3.8, 4) is 34.5 Å². The molecular formula is C86H76N2O8. The van der Waals surface area contributed by atoms with Gasteiger partial charge >= 0.3 is 12.3 Å². The molecule has 478 valence electrons. The largest absolute Gasteiger partial charge is 0.519 e. The van der Waals surface area contributed by atoms with Crippen molar-refractivity contribution in [3.05, 3.63) is 324 Å². The predicted molar refractivity (Wildman–Crippen MR) is 386 cm³/mol. The monoisotopic (exact) mass is 1260 g/mol. The molecular weight excluding hydrogens is 1190 g/mol. The third-order valence-corrected chi connectivity index (χ3v) is 18.7. The summed E-state index contributed by atoms with van der Waals surface area (Å²) in [5.41, 5.74) is 13.8. The highest BCUT2D eigenvalue weighted by molar-refractivity contribution is 5.85. The molecule has 2 saturated carbocycles. The fourth-order valence-electron chi connectivity index (χ4n) is 13.8. The van der Waals surface area contributed by atoms with Gasteiger partial charge in [0.1, 0.15) is 23.0 Å². The van der Waals surface area contributed by atoms with Crippen molar-refractivity contribution in [2.75, 3.05) is 24.0 Å². The molecule has 0 unspecified atom stereocenters. The normalized spacial score (nSPS) is 14.1. The van der Waals surface area contributed by atoms with Gasteiger partial charge in [-0.15, -0.1) is 0 Å². The standard InChI is InChI=1S/C86H76N2O8/c1-91-75-51-39-67(40-52-75)85(59-15-5-16-60-85)69-43-55-77(56-44-69)93-83(89)95-81-25-13-11-23-79(81)87(71-19-7-3-8-20-71)73-47-35-65(36-48-73)33-31-63-27-29-64(30-28-63)32-34-66-37-49-74(50-38-66)88(72-21-9-4-10-22-72)80-24-12-14-26-82(80)96-84(90)94-78-57-45-70(46-58-78)86(61-17-6-18-62-86)68-41-53-76(92-2)54-42-68/h3-4,7-14,19-58H,5-6,15-18,59-62H2,1-2H3. The Morgan fingerprint density at radius 1 is 0.292 bits per heavy atom. The summed E-state index contributed by atoms with van der Waals surface area (Å²) in [5, 5.41) is 0. The van der Waals surface area contributed by atoms with Gasteiger partial charge in [-0.1, -0.05) is 221 Å². The highest BCUT2D eigenvalue weighted by Gasteiger charge is 2.37. The van der Waals surface area contributed by atoms with Crippen LogP contribution in [0.2, 0.25) is 0 Å². The van der Waals surface area contributed by atoms with Crippen molar-refractivity contribution in [1.82, 2.24) is 0 Å². The molecule has 96 heavy (non-hydrogen) atoms. The van der Waals surface area contributed by atoms with Gasteiger partial charge in [0.05, 0.1) is 25.6 Å². The minimum Gasteiger partial charge on any atom is -0.497 e. The van der Waals surface area contributed by atoms with Crippen molar-refractivity contribution in [2.24, 2.45) is 0 Å². The number of carbonyl (C=O) groups excluding carboxylic acids is 2. The van der Waals surface area contributed by atoms with E-state index in [1.165, 1.54) is 35.1 Å². The summed E-state index contributed by atoms with van der Waals surface area (Å²) in [6.07, 6.45) is 18.0. The van der Waals surface area contributed by atoms with E-state index in [4.69, 9.17) is 28.4 Å². The lowest BCUT2D eigenvalue weighted by molar-refractivity contribution is 0.151. The van der Waals surface area contributed by atoms with Crippen LogP contribution >= 0.6 is 0 Å². The first kappa shape index (κ1) is 63.4. The molecule has 2 fully saturated rings. The smallest absolute Gasteiger partial charge is 0.497 e. The zero-order valence-electron chi connectivity index (χ0n) is 54.1. The van der Waals surface area contributed by atoms with Crippen LogP contribution in [0.15, 0.2) is 279 Å². The second kappa shape index (κ2) is 29.7. The Bertz CT molecular complexity index is 4140. The van der Waals surface area contributed by atoms with Gasteiger partial charge in [0, 0.05) is 33.6 Å². The molecule has 0 radical (unpaired) electrons. The van der Waals surface area contributed by atoms with E-state index in [-0.39, 0.29) is 10.8 Å². The zero-order chi connectivity index (χ0) is 65.5. The van der Waals surface area contributed by atoms with Gasteiger partial charge in [0.25, 0.3) is 0 Å². The van der Waals surface area contributed by atoms with Crippen LogP contribution in [0.4, 0.5) is 43.7 Å². The highest BCUT2D eigenvalue weighted by Crippen LogP contribution is 2.48. The van der Waals surface area contributed by atoms with E-state index in [0.29, 0.717) is 34.4 Å². The molecule has 10 nitrogen and oxygen atoms in total. The molecule has 13 rings (SSSR count). The van der Waals surface area contributed by atoms with Crippen LogP contribution in [-0.2, 0) is 10.8 Å². The number of hydrogen-bond acceptors (Lipinski definition) is 10. The topological polar surface area (TPSA) is 96.0 Å². The van der Waals surface area contributed by atoms with Crippen molar-refractivity contribution in [3.63, 3.8) is 0 Å². The van der Waals surface area contributed by atoms with E-state index < -0.39 is 12.3 Å². The van der Waals surface area contributed by atoms with Crippen LogP contribution in [0.25, 0.3) is 24.3 Å². The lowest BCUT2D eigenvalue weighted by atomic mass is 9.65. The third kappa shape index (κ3) is 14.5. The van der Waals surface area contributed by atoms with Gasteiger partial charge in [-0.25, -0.2) is 9.59 Å². The molecule has 0 aliphatic heterocycles. The fourth-order valence-corrected chi connectivity index (χ4v) is 13.8. The van der Waals surface area contributed by atoms with Gasteiger partial charge in [-0.3, -0.25) is 0 Å². The lowest BCUT2D eigenvalue weighted by Crippen LogP contribution is -2.30. The summed E-state index contributed by atoms with van der Waals surface area (Å²) < 4.78 is 34.7. The summed E-state index contributed by atoms with van der Waals surface area (Å²) in [6, 6.07) is 92.7. The van der Waals surface area contributed by atoms with Crippen LogP contribution in [-0.4, -0.2) is 26.5 Å². The maximum Gasteiger partial charge on any atom is 0.519 e. The number of anilines is 6. The van der Waals surface area contributed by atoms with E-state index in [1.807, 2.05) is 146 Å². The Balaban J connectivity index is 0.645. The van der Waals surface area contributed by atoms with E-state index in [2.05, 4.69) is 155 Å². The average molecular weight is 1270 g/mol. The number of para-hydroxylation sites is 6. The van der Waals surface area contributed by atoms with Crippen LogP contribution < -0.4 is 38.2 Å². The summed E-state index contributed by atoms with van der Waals surface area (Å²) in [4.78, 5) is 31.4. The zero-order valence-corrected chi connectivity index (χ0v) is 54.1. The molecule has 11 aromatic carbocycles. The Labute approximate surface area is 562 Å². The summed E-state index contributed by atoms with van der Waals surface area (Å²) in [5.74, 6) is 3.21. The maximum atomic E-state index is 13.6. The molecule has 0 amide bonds. The number of methoxy groups -OCH3 is 2. The Hall–Kier alpha value is -11.4. The molecule has 0 N–H and O–H groups in total. The highest BCUT2D eigenvalue weighted by atomic mass is 16.7. The van der Waals surface area contributed by atoms with Crippen LogP contribution in [0.1, 0.15) is 109 Å². The Morgan fingerprint density at radius 2 is 0.562 bits per heavy atom. The van der Waals surface area contributed by atoms with Crippen molar-refractivity contribution in [1.29, 1.82) is 0 Å². The molecule has 11 aromatic rings. The van der Waals surface area contributed by atoms with Crippen LogP contribution in [0.3, 0.4) is 0 Å². The van der Waals surface area contributed by atoms with E-state index in [0.717, 1.165) is 108 Å². The Morgan fingerprint density at radius 3 is 0.875 bits per heavy atom. The minimum absolute atomic E-state index is 0.119. The van der Waals surface area contributed by atoms with Crippen molar-refractivity contribution in [2.45, 2.75) is 75.0 Å². The van der Waals surface area contributed by atoms with Gasteiger partial charge in [0.2, 0.25) is 0 Å². The first-order valence-electron chi connectivity index (χ1n) is 33.1. The number of benzene rings is 11. The number of carbonyl (C=O) groups is 2. The molecule has 0 atom stereocenters. The van der Waals surface area contributed by atoms with Gasteiger partial charge < -0.3 is 38.2 Å². The molecule has 2 aliphatic carbocycles. The van der Waals surface area contributed by atoms with Crippen molar-refractivity contribution < 1.29 is 38.0 Å². The van der Waals surface area contributed by atoms with E-state index >= 15 is 0 Å². The van der Waals surface area contributed by atoms with Crippen LogP contribution in [0.5, 0.6) is 34.5 Å². The molecule has 0 heterocycles. The Kier molecular flexibility index (Phi) is 19.6. The molecule has 0 saturated heterocycles. The molecule has 0 spiro atoms. The van der Waals surface area contributed by atoms with Gasteiger partial charge in [-0.05, 0) is 192 Å². The quantitative estimate of drug-likeness (QED) is 0.0417. The van der Waals surface area contributed by atoms with Crippen molar-refractivity contribution >= 4 is 70.7 Å². The molecule has 0 bridgehead atoms. The average Bonchev–Trinajstić information content (AvgIpc) is 0.870. The lowest BCUT2D eigenvalue weighted by Gasteiger charge is -2.38. The number of ether oxygens (including phenoxy) is 6. The van der Waals surface area contributed by atoms with Gasteiger partial charge in [0.15, 0.2) is 11.5 Å². The molecule has 10 heteroatoms. The molecule has 0 aromatic heterocycles. The van der Waals surface area contributed by atoms with E-state index in [1.54, 1.807) is 26.4 Å². The fraction of sp³-hybridized carbons (Fsp3) is 0.163. The summed E-state index contributed by atoms with van der Waals surface area (Å²) in [6.45, 7) is 0. The minimum atomic E-state index is -0.825. The second-order valence-electron chi connectivity index (χ2n) is 24.5. The first-order valence-corrected chi connectivity index (χ1v) is 33.1. The maximum absolute atomic E-state index is 13.6. The number of rotatable bonds is 20. The third-order valence-electron chi connectivity index (χ3n) is 18.7. The second-order valence-corrected chi connectivity index (χ2v) is 24.5. The predicted octanol–water partition coefficient (Wildman–Crippen LogP) is 22.6. The van der Waals surface area contributed by atoms with Crippen LogP contribution in [0, 0.1) is 0 Å². The van der Waals surface area contributed by atoms with E-state index in [9.17, 15) is 9.59 Å².